The van der Waals surface area contributed by atoms with Crippen molar-refractivity contribution in [1.29, 1.82) is 0 Å². The summed E-state index contributed by atoms with van der Waals surface area (Å²) in [6, 6.07) is 9.96. The van der Waals surface area contributed by atoms with Gasteiger partial charge in [-0.15, -0.1) is 0 Å². The Morgan fingerprint density at radius 2 is 1.62 bits per heavy atom. The third-order valence-electron chi connectivity index (χ3n) is 3.71. The van der Waals surface area contributed by atoms with E-state index in [0.29, 0.717) is 11.0 Å². The molecule has 0 aliphatic rings. The van der Waals surface area contributed by atoms with Crippen LogP contribution in [0.15, 0.2) is 30.3 Å². The molecule has 1 rings (SSSR count). The van der Waals surface area contributed by atoms with Gasteiger partial charge in [-0.05, 0) is 42.1 Å². The Balaban J connectivity index is 2.31. The third kappa shape index (κ3) is 9.24. The molecule has 24 heavy (non-hydrogen) atoms. The Morgan fingerprint density at radius 1 is 1.04 bits per heavy atom. The molecule has 0 aliphatic heterocycles. The fourth-order valence-electron chi connectivity index (χ4n) is 2.84. The van der Waals surface area contributed by atoms with E-state index < -0.39 is 0 Å². The molecule has 0 saturated carbocycles. The number of ether oxygens (including phenoxy) is 1. The van der Waals surface area contributed by atoms with Crippen LogP contribution in [-0.4, -0.2) is 24.9 Å². The average Bonchev–Trinajstić information content (AvgIpc) is 2.44. The van der Waals surface area contributed by atoms with Gasteiger partial charge in [-0.1, -0.05) is 59.7 Å². The highest BCUT2D eigenvalue weighted by molar-refractivity contribution is 7.80. The van der Waals surface area contributed by atoms with Crippen LogP contribution < -0.4 is 10.6 Å². The summed E-state index contributed by atoms with van der Waals surface area (Å²) in [7, 11) is 0. The van der Waals surface area contributed by atoms with Crippen LogP contribution in [0.3, 0.4) is 0 Å². The van der Waals surface area contributed by atoms with Crippen molar-refractivity contribution in [2.24, 2.45) is 16.7 Å². The van der Waals surface area contributed by atoms with Crippen LogP contribution in [0, 0.1) is 16.7 Å². The minimum absolute atomic E-state index is 0.0241. The number of para-hydroxylation sites is 1. The van der Waals surface area contributed by atoms with Crippen molar-refractivity contribution in [1.82, 2.24) is 5.32 Å². The zero-order valence-corrected chi connectivity index (χ0v) is 16.9. The Bertz CT molecular complexity index is 498. The lowest BCUT2D eigenvalue weighted by Crippen LogP contribution is -2.39. The summed E-state index contributed by atoms with van der Waals surface area (Å²) in [5, 5.41) is 7.14. The molecule has 1 aromatic carbocycles. The Labute approximate surface area is 153 Å². The molecule has 3 nitrogen and oxygen atoms in total. The van der Waals surface area contributed by atoms with Gasteiger partial charge in [0.2, 0.25) is 0 Å². The van der Waals surface area contributed by atoms with E-state index in [1.807, 2.05) is 30.3 Å². The summed E-state index contributed by atoms with van der Waals surface area (Å²) in [6.07, 6.45) is 1.18. The predicted octanol–water partition coefficient (Wildman–Crippen LogP) is 5.09. The molecular weight excluding hydrogens is 316 g/mol. The third-order valence-corrected chi connectivity index (χ3v) is 3.95. The minimum Gasteiger partial charge on any atom is -0.380 e. The molecule has 0 fully saturated rings. The number of thiocarbonyl (C=S) groups is 1. The summed E-state index contributed by atoms with van der Waals surface area (Å²) < 4.78 is 6.01. The van der Waals surface area contributed by atoms with E-state index in [1.165, 1.54) is 6.42 Å². The van der Waals surface area contributed by atoms with Crippen LogP contribution >= 0.6 is 12.2 Å². The zero-order valence-electron chi connectivity index (χ0n) is 16.1. The molecule has 0 atom stereocenters. The van der Waals surface area contributed by atoms with Gasteiger partial charge in [-0.2, -0.15) is 0 Å². The van der Waals surface area contributed by atoms with E-state index in [0.717, 1.165) is 25.4 Å². The molecule has 0 bridgehead atoms. The maximum Gasteiger partial charge on any atom is 0.170 e. The second-order valence-corrected chi connectivity index (χ2v) is 9.00. The molecule has 0 amide bonds. The molecule has 0 radical (unpaired) electrons. The van der Waals surface area contributed by atoms with E-state index in [2.05, 4.69) is 52.2 Å². The number of hydrogen-bond donors (Lipinski definition) is 2. The fourth-order valence-corrected chi connectivity index (χ4v) is 3.03. The zero-order chi connectivity index (χ0) is 18.2. The van der Waals surface area contributed by atoms with Gasteiger partial charge in [0.1, 0.15) is 0 Å². The highest BCUT2D eigenvalue weighted by Gasteiger charge is 2.23. The molecule has 0 unspecified atom stereocenters. The standard InChI is InChI=1S/C20H34N2OS/c1-16(2)12-19(3,4)14-23-15-20(5,6)13-21-18(24)22-17-10-8-7-9-11-17/h7-11,16H,12-15H2,1-6H3,(H2,21,22,24). The van der Waals surface area contributed by atoms with Crippen molar-refractivity contribution in [2.45, 2.75) is 48.0 Å². The number of hydrogen-bond acceptors (Lipinski definition) is 2. The van der Waals surface area contributed by atoms with Crippen molar-refractivity contribution < 1.29 is 4.74 Å². The first-order chi connectivity index (χ1) is 11.1. The molecule has 136 valence electrons. The first-order valence-electron chi connectivity index (χ1n) is 8.77. The SMILES string of the molecule is CC(C)CC(C)(C)COCC(C)(C)CNC(=S)Nc1ccccc1. The van der Waals surface area contributed by atoms with E-state index in [9.17, 15) is 0 Å². The maximum absolute atomic E-state index is 6.01. The van der Waals surface area contributed by atoms with Crippen LogP contribution in [0.2, 0.25) is 0 Å². The summed E-state index contributed by atoms with van der Waals surface area (Å²) in [5.41, 5.74) is 1.25. The van der Waals surface area contributed by atoms with Gasteiger partial charge in [0.25, 0.3) is 0 Å². The first-order valence-corrected chi connectivity index (χ1v) is 9.18. The molecule has 0 spiro atoms. The average molecular weight is 351 g/mol. The van der Waals surface area contributed by atoms with Gasteiger partial charge in [0.15, 0.2) is 5.11 Å². The topological polar surface area (TPSA) is 33.3 Å². The molecule has 0 saturated heterocycles. The van der Waals surface area contributed by atoms with Gasteiger partial charge in [-0.25, -0.2) is 0 Å². The monoisotopic (exact) mass is 350 g/mol. The summed E-state index contributed by atoms with van der Waals surface area (Å²) in [5.74, 6) is 0.694. The number of anilines is 1. The van der Waals surface area contributed by atoms with Crippen LogP contribution in [-0.2, 0) is 4.74 Å². The molecular formula is C20H34N2OS. The first kappa shape index (κ1) is 20.9. The van der Waals surface area contributed by atoms with Crippen LogP contribution in [0.1, 0.15) is 48.0 Å². The molecule has 1 aromatic rings. The minimum atomic E-state index is 0.0241. The van der Waals surface area contributed by atoms with Gasteiger partial charge >= 0.3 is 0 Å². The smallest absolute Gasteiger partial charge is 0.170 e. The second kappa shape index (κ2) is 9.38. The van der Waals surface area contributed by atoms with Crippen LogP contribution in [0.5, 0.6) is 0 Å². The lowest BCUT2D eigenvalue weighted by Gasteiger charge is -2.30. The van der Waals surface area contributed by atoms with Crippen LogP contribution in [0.25, 0.3) is 0 Å². The maximum atomic E-state index is 6.01. The highest BCUT2D eigenvalue weighted by atomic mass is 32.1. The summed E-state index contributed by atoms with van der Waals surface area (Å²) >= 11 is 5.36. The molecule has 4 heteroatoms. The second-order valence-electron chi connectivity index (χ2n) is 8.59. The summed E-state index contributed by atoms with van der Waals surface area (Å²) in [4.78, 5) is 0. The lowest BCUT2D eigenvalue weighted by molar-refractivity contribution is 0.00989. The van der Waals surface area contributed by atoms with E-state index in [4.69, 9.17) is 17.0 Å². The van der Waals surface area contributed by atoms with Gasteiger partial charge in [0.05, 0.1) is 13.2 Å². The van der Waals surface area contributed by atoms with Crippen molar-refractivity contribution in [3.05, 3.63) is 30.3 Å². The Hall–Kier alpha value is -1.13. The van der Waals surface area contributed by atoms with Gasteiger partial charge < -0.3 is 15.4 Å². The Kier molecular flexibility index (Phi) is 8.17. The molecule has 0 aliphatic carbocycles. The lowest BCUT2D eigenvalue weighted by atomic mass is 9.85. The number of rotatable bonds is 9. The van der Waals surface area contributed by atoms with Crippen molar-refractivity contribution in [3.8, 4) is 0 Å². The normalized spacial score (nSPS) is 12.3. The quantitative estimate of drug-likeness (QED) is 0.608. The Morgan fingerprint density at radius 3 is 2.21 bits per heavy atom. The van der Waals surface area contributed by atoms with Crippen molar-refractivity contribution in [2.75, 3.05) is 25.1 Å². The number of benzene rings is 1. The van der Waals surface area contributed by atoms with Crippen molar-refractivity contribution in [3.63, 3.8) is 0 Å². The van der Waals surface area contributed by atoms with Gasteiger partial charge in [0, 0.05) is 17.6 Å². The molecule has 0 aromatic heterocycles. The molecule has 0 heterocycles. The van der Waals surface area contributed by atoms with Crippen LogP contribution in [0.4, 0.5) is 5.69 Å². The van der Waals surface area contributed by atoms with E-state index >= 15 is 0 Å². The summed E-state index contributed by atoms with van der Waals surface area (Å²) in [6.45, 7) is 15.7. The largest absolute Gasteiger partial charge is 0.380 e. The van der Waals surface area contributed by atoms with Gasteiger partial charge in [-0.3, -0.25) is 0 Å². The number of nitrogens with one attached hydrogen (secondary N) is 2. The molecule has 2 N–H and O–H groups in total. The highest BCUT2D eigenvalue weighted by Crippen LogP contribution is 2.26. The van der Waals surface area contributed by atoms with E-state index in [1.54, 1.807) is 0 Å². The predicted molar refractivity (Wildman–Crippen MR) is 109 cm³/mol. The van der Waals surface area contributed by atoms with E-state index in [-0.39, 0.29) is 10.8 Å². The van der Waals surface area contributed by atoms with Crippen molar-refractivity contribution >= 4 is 23.0 Å². The fraction of sp³-hybridized carbons (Fsp3) is 0.650.